The third-order valence-electron chi connectivity index (χ3n) is 7.45. The van der Waals surface area contributed by atoms with E-state index in [1.165, 1.54) is 0 Å². The molecule has 1 amide bonds. The summed E-state index contributed by atoms with van der Waals surface area (Å²) in [6, 6.07) is 14.4. The number of fused-ring (bicyclic) bond motifs is 1. The Bertz CT molecular complexity index is 1170. The first-order chi connectivity index (χ1) is 15.6. The van der Waals surface area contributed by atoms with Gasteiger partial charge in [0.05, 0.1) is 22.2 Å². The average molecular weight is 447 g/mol. The molecule has 8 heteroatoms. The first-order valence-electron chi connectivity index (χ1n) is 11.6. The minimum atomic E-state index is -0.978. The Morgan fingerprint density at radius 2 is 1.73 bits per heavy atom. The van der Waals surface area contributed by atoms with Crippen molar-refractivity contribution in [1.82, 2.24) is 15.3 Å². The smallest absolute Gasteiger partial charge is 0.465 e. The quantitative estimate of drug-likeness (QED) is 0.514. The van der Waals surface area contributed by atoms with Gasteiger partial charge in [0, 0.05) is 12.0 Å². The van der Waals surface area contributed by atoms with Crippen molar-refractivity contribution in [2.75, 3.05) is 0 Å². The molecular formula is C25H30BN3O4. The van der Waals surface area contributed by atoms with Crippen LogP contribution in [0.25, 0.3) is 22.2 Å². The second kappa shape index (κ2) is 7.89. The highest BCUT2D eigenvalue weighted by Crippen LogP contribution is 2.37. The Hall–Kier alpha value is -2.84. The standard InChI is InChI=1S/C25H30BN3O4/c1-24(2)25(3,4)33-26(32-24)17-11-8-15(9-12-17)16-10-13-20-21(14-16)28-22(27-20)18-6-5-7-19(18)29-23(30)31/h8-14,18-19,29H,5-7H2,1-4H3,(H,27,28)(H,30,31)/t18-,19+/m0/s1. The lowest BCUT2D eigenvalue weighted by molar-refractivity contribution is 0.00578. The predicted molar refractivity (Wildman–Crippen MR) is 129 cm³/mol. The number of H-pyrrole nitrogens is 1. The number of rotatable bonds is 4. The maximum Gasteiger partial charge on any atom is 0.494 e. The van der Waals surface area contributed by atoms with Gasteiger partial charge in [-0.25, -0.2) is 9.78 Å². The molecule has 0 spiro atoms. The molecule has 3 N–H and O–H groups in total. The van der Waals surface area contributed by atoms with Crippen molar-refractivity contribution < 1.29 is 19.2 Å². The SMILES string of the molecule is CC1(C)OB(c2ccc(-c3ccc4[nH]c([C@H]5CCC[C@H]5NC(=O)O)nc4c3)cc2)OC1(C)C. The molecule has 172 valence electrons. The average Bonchev–Trinajstić information content (AvgIpc) is 3.43. The van der Waals surface area contributed by atoms with Crippen LogP contribution in [0.2, 0.25) is 0 Å². The van der Waals surface area contributed by atoms with E-state index < -0.39 is 6.09 Å². The molecule has 1 aliphatic carbocycles. The second-order valence-electron chi connectivity index (χ2n) is 10.2. The van der Waals surface area contributed by atoms with Crippen molar-refractivity contribution >= 4 is 29.7 Å². The Morgan fingerprint density at radius 1 is 1.06 bits per heavy atom. The molecule has 2 heterocycles. The minimum Gasteiger partial charge on any atom is -0.465 e. The van der Waals surface area contributed by atoms with Crippen LogP contribution in [-0.4, -0.2) is 45.5 Å². The third-order valence-corrected chi connectivity index (χ3v) is 7.45. The predicted octanol–water partition coefficient (Wildman–Crippen LogP) is 4.43. The highest BCUT2D eigenvalue weighted by atomic mass is 16.7. The van der Waals surface area contributed by atoms with Gasteiger partial charge in [0.25, 0.3) is 0 Å². The number of nitrogens with one attached hydrogen (secondary N) is 2. The van der Waals surface area contributed by atoms with E-state index in [1.54, 1.807) is 0 Å². The highest BCUT2D eigenvalue weighted by Gasteiger charge is 2.51. The molecule has 0 radical (unpaired) electrons. The van der Waals surface area contributed by atoms with Gasteiger partial charge < -0.3 is 24.7 Å². The van der Waals surface area contributed by atoms with Gasteiger partial charge >= 0.3 is 13.2 Å². The van der Waals surface area contributed by atoms with Gasteiger partial charge in [-0.2, -0.15) is 0 Å². The lowest BCUT2D eigenvalue weighted by atomic mass is 9.78. The summed E-state index contributed by atoms with van der Waals surface area (Å²) in [6.45, 7) is 8.22. The number of aromatic nitrogens is 2. The summed E-state index contributed by atoms with van der Waals surface area (Å²) in [5.74, 6) is 0.936. The summed E-state index contributed by atoms with van der Waals surface area (Å²) >= 11 is 0. The Labute approximate surface area is 194 Å². The molecule has 3 aromatic rings. The van der Waals surface area contributed by atoms with Gasteiger partial charge in [0.15, 0.2) is 0 Å². The molecule has 2 fully saturated rings. The van der Waals surface area contributed by atoms with Crippen LogP contribution in [-0.2, 0) is 9.31 Å². The number of hydrogen-bond donors (Lipinski definition) is 3. The molecule has 2 aromatic carbocycles. The van der Waals surface area contributed by atoms with Crippen molar-refractivity contribution in [2.45, 2.75) is 70.1 Å². The normalized spacial score (nSPS) is 23.8. The van der Waals surface area contributed by atoms with E-state index in [-0.39, 0.29) is 30.3 Å². The van der Waals surface area contributed by atoms with Gasteiger partial charge in [0.2, 0.25) is 0 Å². The molecule has 0 bridgehead atoms. The van der Waals surface area contributed by atoms with Crippen LogP contribution < -0.4 is 10.8 Å². The number of nitrogens with zero attached hydrogens (tertiary/aromatic N) is 1. The minimum absolute atomic E-state index is 0.0798. The van der Waals surface area contributed by atoms with Gasteiger partial charge in [-0.3, -0.25) is 0 Å². The zero-order valence-corrected chi connectivity index (χ0v) is 19.5. The number of carboxylic acid groups (broad SMARTS) is 1. The molecular weight excluding hydrogens is 417 g/mol. The van der Waals surface area contributed by atoms with Crippen LogP contribution in [0.3, 0.4) is 0 Å². The summed E-state index contributed by atoms with van der Waals surface area (Å²) in [6.07, 6.45) is 1.79. The van der Waals surface area contributed by atoms with Crippen molar-refractivity contribution in [2.24, 2.45) is 0 Å². The molecule has 1 saturated heterocycles. The van der Waals surface area contributed by atoms with Gasteiger partial charge in [-0.15, -0.1) is 0 Å². The zero-order valence-electron chi connectivity index (χ0n) is 19.5. The van der Waals surface area contributed by atoms with Crippen LogP contribution in [0.4, 0.5) is 4.79 Å². The van der Waals surface area contributed by atoms with Crippen molar-refractivity contribution in [3.05, 3.63) is 48.3 Å². The largest absolute Gasteiger partial charge is 0.494 e. The fourth-order valence-corrected chi connectivity index (χ4v) is 4.81. The Balaban J connectivity index is 1.37. The van der Waals surface area contributed by atoms with E-state index in [0.29, 0.717) is 0 Å². The second-order valence-corrected chi connectivity index (χ2v) is 10.2. The molecule has 1 saturated carbocycles. The van der Waals surface area contributed by atoms with E-state index >= 15 is 0 Å². The first-order valence-corrected chi connectivity index (χ1v) is 11.6. The van der Waals surface area contributed by atoms with E-state index in [4.69, 9.17) is 19.4 Å². The summed E-state index contributed by atoms with van der Waals surface area (Å²) in [5.41, 5.74) is 4.29. The fraction of sp³-hybridized carbons (Fsp3) is 0.440. The van der Waals surface area contributed by atoms with Crippen LogP contribution in [0.5, 0.6) is 0 Å². The fourth-order valence-electron chi connectivity index (χ4n) is 4.81. The molecule has 2 atom stereocenters. The lowest BCUT2D eigenvalue weighted by Gasteiger charge is -2.32. The van der Waals surface area contributed by atoms with Crippen LogP contribution in [0.15, 0.2) is 42.5 Å². The Kier molecular flexibility index (Phi) is 5.25. The van der Waals surface area contributed by atoms with E-state index in [0.717, 1.165) is 52.7 Å². The van der Waals surface area contributed by atoms with Gasteiger partial charge in [-0.05, 0) is 69.3 Å². The summed E-state index contributed by atoms with van der Waals surface area (Å²) in [7, 11) is -0.376. The van der Waals surface area contributed by atoms with Gasteiger partial charge in [0.1, 0.15) is 5.82 Å². The first kappa shape index (κ1) is 22.0. The molecule has 5 rings (SSSR count). The molecule has 0 unspecified atom stereocenters. The summed E-state index contributed by atoms with van der Waals surface area (Å²) < 4.78 is 12.3. The topological polar surface area (TPSA) is 96.5 Å². The van der Waals surface area contributed by atoms with E-state index in [9.17, 15) is 4.79 Å². The van der Waals surface area contributed by atoms with E-state index in [2.05, 4.69) is 74.4 Å². The van der Waals surface area contributed by atoms with E-state index in [1.807, 2.05) is 6.07 Å². The summed E-state index contributed by atoms with van der Waals surface area (Å²) in [4.78, 5) is 19.3. The number of imidazole rings is 1. The zero-order chi connectivity index (χ0) is 23.4. The van der Waals surface area contributed by atoms with Crippen LogP contribution in [0, 0.1) is 0 Å². The number of hydrogen-bond acceptors (Lipinski definition) is 4. The highest BCUT2D eigenvalue weighted by molar-refractivity contribution is 6.62. The molecule has 7 nitrogen and oxygen atoms in total. The van der Waals surface area contributed by atoms with Crippen molar-refractivity contribution in [3.63, 3.8) is 0 Å². The number of benzene rings is 2. The number of aromatic amines is 1. The maximum absolute atomic E-state index is 11.1. The molecule has 1 aliphatic heterocycles. The van der Waals surface area contributed by atoms with Crippen molar-refractivity contribution in [1.29, 1.82) is 0 Å². The van der Waals surface area contributed by atoms with Gasteiger partial charge in [-0.1, -0.05) is 36.8 Å². The number of amides is 1. The summed E-state index contributed by atoms with van der Waals surface area (Å²) in [5, 5.41) is 11.8. The van der Waals surface area contributed by atoms with Crippen molar-refractivity contribution in [3.8, 4) is 11.1 Å². The molecule has 1 aromatic heterocycles. The molecule has 2 aliphatic rings. The third kappa shape index (κ3) is 4.02. The monoisotopic (exact) mass is 447 g/mol. The lowest BCUT2D eigenvalue weighted by Crippen LogP contribution is -2.41. The van der Waals surface area contributed by atoms with Crippen LogP contribution in [0.1, 0.15) is 58.7 Å². The molecule has 33 heavy (non-hydrogen) atoms. The number of carbonyl (C=O) groups is 1. The Morgan fingerprint density at radius 3 is 2.39 bits per heavy atom. The van der Waals surface area contributed by atoms with Crippen LogP contribution >= 0.6 is 0 Å². The maximum atomic E-state index is 11.1.